The lowest BCUT2D eigenvalue weighted by Crippen LogP contribution is -2.52. The fourth-order valence-electron chi connectivity index (χ4n) is 5.15. The summed E-state index contributed by atoms with van der Waals surface area (Å²) in [6.45, 7) is 9.17. The highest BCUT2D eigenvalue weighted by atomic mass is 35.5. The van der Waals surface area contributed by atoms with E-state index in [9.17, 15) is 0 Å². The number of rotatable bonds is 6. The minimum absolute atomic E-state index is 0.0427. The molecule has 0 aromatic heterocycles. The van der Waals surface area contributed by atoms with Crippen molar-refractivity contribution in [2.45, 2.75) is 45.4 Å². The number of allylic oxidation sites excluding steroid dienone is 1. The summed E-state index contributed by atoms with van der Waals surface area (Å²) in [7, 11) is 1.79. The number of nitrogens with zero attached hydrogens (tertiary/aromatic N) is 5. The standard InChI is InChI=1S/C26H32ClN6/c1-4-31-11-8-22(31)24-15-25-23(6-7-26(28)33(25)18(2)29-3)32(24)17-20-12-19(13-21(27)14-20)16-30-9-5-10-30/h6-8,11-15,23,25,28H,4-5,9-10,16-17H2,1-3H3/q+1. The van der Waals surface area contributed by atoms with Gasteiger partial charge in [-0.15, -0.1) is 0 Å². The normalized spacial score (nSPS) is 24.8. The fraction of sp³-hybridized carbons (Fsp3) is 0.423. The van der Waals surface area contributed by atoms with E-state index >= 15 is 0 Å². The minimum atomic E-state index is 0.0427. The zero-order valence-corrected chi connectivity index (χ0v) is 20.4. The molecule has 4 heterocycles. The maximum absolute atomic E-state index is 8.53. The first-order chi connectivity index (χ1) is 16.0. The number of benzene rings is 1. The van der Waals surface area contributed by atoms with Gasteiger partial charge in [-0.05, 0) is 68.8 Å². The number of halogens is 1. The highest BCUT2D eigenvalue weighted by molar-refractivity contribution is 6.30. The Morgan fingerprint density at radius 3 is 2.52 bits per heavy atom. The molecule has 4 aliphatic rings. The number of likely N-dealkylation sites (tertiary alicyclic amines) is 1. The van der Waals surface area contributed by atoms with Gasteiger partial charge < -0.3 is 9.80 Å². The second-order valence-corrected chi connectivity index (χ2v) is 9.57. The molecule has 2 unspecified atom stereocenters. The van der Waals surface area contributed by atoms with Gasteiger partial charge in [0.15, 0.2) is 6.20 Å². The van der Waals surface area contributed by atoms with Crippen LogP contribution in [0, 0.1) is 5.41 Å². The third kappa shape index (κ3) is 4.06. The molecule has 0 saturated carbocycles. The van der Waals surface area contributed by atoms with E-state index in [4.69, 9.17) is 17.0 Å². The van der Waals surface area contributed by atoms with Crippen LogP contribution in [0.2, 0.25) is 5.02 Å². The molecule has 2 atom stereocenters. The predicted octanol–water partition coefficient (Wildman–Crippen LogP) is 3.88. The summed E-state index contributed by atoms with van der Waals surface area (Å²) in [5, 5.41) is 9.33. The van der Waals surface area contributed by atoms with Crippen LogP contribution in [0.1, 0.15) is 31.4 Å². The van der Waals surface area contributed by atoms with E-state index in [2.05, 4.69) is 68.9 Å². The van der Waals surface area contributed by atoms with Crippen molar-refractivity contribution in [3.05, 3.63) is 70.5 Å². The fourth-order valence-corrected chi connectivity index (χ4v) is 5.44. The first kappa shape index (κ1) is 22.1. The average Bonchev–Trinajstić information content (AvgIpc) is 3.07. The Morgan fingerprint density at radius 1 is 1.15 bits per heavy atom. The Bertz CT molecular complexity index is 1120. The highest BCUT2D eigenvalue weighted by Gasteiger charge is 2.44. The van der Waals surface area contributed by atoms with Gasteiger partial charge in [0.2, 0.25) is 5.71 Å². The van der Waals surface area contributed by atoms with Gasteiger partial charge in [0, 0.05) is 25.2 Å². The van der Waals surface area contributed by atoms with Crippen molar-refractivity contribution in [1.29, 1.82) is 5.41 Å². The monoisotopic (exact) mass is 463 g/mol. The summed E-state index contributed by atoms with van der Waals surface area (Å²) in [6, 6.07) is 6.67. The summed E-state index contributed by atoms with van der Waals surface area (Å²) >= 11 is 6.56. The highest BCUT2D eigenvalue weighted by Crippen LogP contribution is 2.34. The van der Waals surface area contributed by atoms with E-state index < -0.39 is 0 Å². The van der Waals surface area contributed by atoms with Crippen molar-refractivity contribution in [1.82, 2.24) is 14.7 Å². The SMILES string of the molecule is CC[N+]1=C(C2=CC3C(C=CC(=N)N3C(C)=NC)N2Cc2cc(Cl)cc(CN3CCC3)c2)C=C1. The molecule has 0 amide bonds. The summed E-state index contributed by atoms with van der Waals surface area (Å²) in [5.74, 6) is 1.34. The molecule has 1 N–H and O–H groups in total. The number of hydrogen-bond donors (Lipinski definition) is 1. The van der Waals surface area contributed by atoms with Crippen LogP contribution in [-0.4, -0.2) is 75.4 Å². The molecule has 0 aliphatic carbocycles. The van der Waals surface area contributed by atoms with Crippen LogP contribution >= 0.6 is 11.6 Å². The molecule has 1 fully saturated rings. The molecule has 4 aliphatic heterocycles. The van der Waals surface area contributed by atoms with E-state index in [0.29, 0.717) is 5.84 Å². The topological polar surface area (TPSA) is 48.9 Å². The number of nitrogens with one attached hydrogen (secondary N) is 1. The largest absolute Gasteiger partial charge is 0.353 e. The Balaban J connectivity index is 1.49. The van der Waals surface area contributed by atoms with Crippen molar-refractivity contribution in [3.8, 4) is 0 Å². The van der Waals surface area contributed by atoms with Crippen LogP contribution in [0.15, 0.2) is 59.4 Å². The van der Waals surface area contributed by atoms with Gasteiger partial charge >= 0.3 is 0 Å². The van der Waals surface area contributed by atoms with E-state index in [0.717, 1.165) is 30.5 Å². The molecule has 6 nitrogen and oxygen atoms in total. The molecular weight excluding hydrogens is 432 g/mol. The molecule has 1 aromatic rings. The molecule has 1 saturated heterocycles. The van der Waals surface area contributed by atoms with Crippen LogP contribution in [0.4, 0.5) is 0 Å². The zero-order valence-electron chi connectivity index (χ0n) is 19.6. The molecule has 1 aromatic carbocycles. The van der Waals surface area contributed by atoms with Crippen molar-refractivity contribution in [2.24, 2.45) is 4.99 Å². The molecule has 33 heavy (non-hydrogen) atoms. The predicted molar refractivity (Wildman–Crippen MR) is 135 cm³/mol. The van der Waals surface area contributed by atoms with Crippen LogP contribution in [-0.2, 0) is 13.1 Å². The Hall–Kier alpha value is -2.70. The Morgan fingerprint density at radius 2 is 1.91 bits per heavy atom. The Kier molecular flexibility index (Phi) is 5.97. The minimum Gasteiger partial charge on any atom is -0.353 e. The second kappa shape index (κ2) is 8.92. The molecule has 5 rings (SSSR count). The van der Waals surface area contributed by atoms with Gasteiger partial charge in [0.1, 0.15) is 23.9 Å². The molecular formula is C26H32ClN6+. The Labute approximate surface area is 201 Å². The summed E-state index contributed by atoms with van der Waals surface area (Å²) in [4.78, 5) is 11.4. The third-order valence-corrected chi connectivity index (χ3v) is 7.30. The number of amidine groups is 2. The maximum atomic E-state index is 8.53. The van der Waals surface area contributed by atoms with E-state index in [-0.39, 0.29) is 12.1 Å². The molecule has 0 spiro atoms. The van der Waals surface area contributed by atoms with Crippen LogP contribution < -0.4 is 0 Å². The first-order valence-corrected chi connectivity index (χ1v) is 12.2. The van der Waals surface area contributed by atoms with Gasteiger partial charge in [0.25, 0.3) is 0 Å². The van der Waals surface area contributed by atoms with Gasteiger partial charge in [-0.2, -0.15) is 4.58 Å². The summed E-state index contributed by atoms with van der Waals surface area (Å²) in [6.07, 6.45) is 12.0. The van der Waals surface area contributed by atoms with Gasteiger partial charge in [-0.25, -0.2) is 0 Å². The molecule has 7 heteroatoms. The quantitative estimate of drug-likeness (QED) is 0.395. The number of fused-ring (bicyclic) bond motifs is 1. The lowest BCUT2D eigenvalue weighted by atomic mass is 10.0. The van der Waals surface area contributed by atoms with Crippen LogP contribution in [0.25, 0.3) is 0 Å². The molecule has 0 radical (unpaired) electrons. The smallest absolute Gasteiger partial charge is 0.234 e. The second-order valence-electron chi connectivity index (χ2n) is 9.13. The summed E-state index contributed by atoms with van der Waals surface area (Å²) in [5.41, 5.74) is 4.95. The third-order valence-electron chi connectivity index (χ3n) is 7.08. The van der Waals surface area contributed by atoms with E-state index in [1.807, 2.05) is 17.9 Å². The number of hydrogen-bond acceptors (Lipinski definition) is 4. The van der Waals surface area contributed by atoms with Crippen LogP contribution in [0.5, 0.6) is 0 Å². The van der Waals surface area contributed by atoms with Gasteiger partial charge in [-0.1, -0.05) is 23.7 Å². The number of aliphatic imine (C=N–C) groups is 1. The van der Waals surface area contributed by atoms with E-state index in [1.54, 1.807) is 7.05 Å². The lowest BCUT2D eigenvalue weighted by molar-refractivity contribution is -0.462. The first-order valence-electron chi connectivity index (χ1n) is 11.8. The van der Waals surface area contributed by atoms with Crippen molar-refractivity contribution in [3.63, 3.8) is 0 Å². The van der Waals surface area contributed by atoms with Gasteiger partial charge in [-0.3, -0.25) is 15.3 Å². The molecule has 172 valence electrons. The zero-order chi connectivity index (χ0) is 23.1. The van der Waals surface area contributed by atoms with Crippen LogP contribution in [0.3, 0.4) is 0 Å². The average molecular weight is 464 g/mol. The van der Waals surface area contributed by atoms with Crippen molar-refractivity contribution < 1.29 is 4.58 Å². The molecule has 0 bridgehead atoms. The summed E-state index contributed by atoms with van der Waals surface area (Å²) < 4.78 is 2.28. The van der Waals surface area contributed by atoms with Crippen molar-refractivity contribution in [2.75, 3.05) is 26.7 Å². The van der Waals surface area contributed by atoms with E-state index in [1.165, 1.54) is 42.0 Å². The van der Waals surface area contributed by atoms with Crippen molar-refractivity contribution >= 4 is 29.0 Å². The maximum Gasteiger partial charge on any atom is 0.234 e. The van der Waals surface area contributed by atoms with Gasteiger partial charge in [0.05, 0.1) is 18.2 Å². The lowest BCUT2D eigenvalue weighted by Gasteiger charge is -2.39.